The maximum absolute atomic E-state index is 9.57. The van der Waals surface area contributed by atoms with Crippen molar-refractivity contribution in [1.82, 2.24) is 0 Å². The molecule has 1 saturated heterocycles. The Bertz CT molecular complexity index is 429. The summed E-state index contributed by atoms with van der Waals surface area (Å²) in [5.41, 5.74) is 3.61. The van der Waals surface area contributed by atoms with Crippen LogP contribution in [-0.4, -0.2) is 17.7 Å². The number of fused-ring (bicyclic) bond motifs is 1. The molecule has 1 aliphatic carbocycles. The van der Waals surface area contributed by atoms with E-state index in [0.717, 1.165) is 17.5 Å². The van der Waals surface area contributed by atoms with Gasteiger partial charge in [0.1, 0.15) is 0 Å². The Morgan fingerprint density at radius 2 is 2.06 bits per heavy atom. The minimum absolute atomic E-state index is 0.158. The lowest BCUT2D eigenvalue weighted by Crippen LogP contribution is -2.35. The van der Waals surface area contributed by atoms with Crippen molar-refractivity contribution in [2.24, 2.45) is 5.92 Å². The predicted molar refractivity (Wildman–Crippen MR) is 74.8 cm³/mol. The maximum Gasteiger partial charge on any atom is 0.0702 e. The third-order valence-electron chi connectivity index (χ3n) is 4.72. The van der Waals surface area contributed by atoms with Crippen molar-refractivity contribution in [3.63, 3.8) is 0 Å². The van der Waals surface area contributed by atoms with Gasteiger partial charge in [0.25, 0.3) is 0 Å². The zero-order valence-electron chi connectivity index (χ0n) is 11.2. The van der Waals surface area contributed by atoms with Gasteiger partial charge < -0.3 is 10.0 Å². The fourth-order valence-corrected chi connectivity index (χ4v) is 3.83. The van der Waals surface area contributed by atoms with Crippen LogP contribution in [0.1, 0.15) is 43.2 Å². The van der Waals surface area contributed by atoms with E-state index in [2.05, 4.69) is 30.0 Å². The van der Waals surface area contributed by atoms with Crippen LogP contribution in [0.4, 0.5) is 5.69 Å². The normalized spacial score (nSPS) is 27.3. The molecule has 0 spiro atoms. The summed E-state index contributed by atoms with van der Waals surface area (Å²) in [5.74, 6) is 0.895. The first-order chi connectivity index (χ1) is 8.79. The Balaban J connectivity index is 1.90. The Hall–Kier alpha value is -1.02. The fourth-order valence-electron chi connectivity index (χ4n) is 3.83. The molecule has 3 rings (SSSR count). The van der Waals surface area contributed by atoms with Crippen LogP contribution in [0.15, 0.2) is 18.2 Å². The van der Waals surface area contributed by atoms with Gasteiger partial charge in [-0.05, 0) is 38.2 Å². The third kappa shape index (κ3) is 2.03. The molecule has 1 aromatic rings. The van der Waals surface area contributed by atoms with Crippen LogP contribution >= 0.6 is 0 Å². The molecule has 2 fully saturated rings. The summed E-state index contributed by atoms with van der Waals surface area (Å²) in [6, 6.07) is 7.24. The van der Waals surface area contributed by atoms with Crippen molar-refractivity contribution >= 4 is 5.69 Å². The second-order valence-corrected chi connectivity index (χ2v) is 5.88. The summed E-state index contributed by atoms with van der Waals surface area (Å²) in [7, 11) is 0. The lowest BCUT2D eigenvalue weighted by molar-refractivity contribution is 0.281. The van der Waals surface area contributed by atoms with E-state index in [1.165, 1.54) is 49.9 Å². The summed E-state index contributed by atoms with van der Waals surface area (Å²) in [6.07, 6.45) is 6.86. The molecule has 18 heavy (non-hydrogen) atoms. The summed E-state index contributed by atoms with van der Waals surface area (Å²) < 4.78 is 0. The largest absolute Gasteiger partial charge is 0.392 e. The molecule has 1 heterocycles. The van der Waals surface area contributed by atoms with E-state index in [-0.39, 0.29) is 6.61 Å². The van der Waals surface area contributed by atoms with Gasteiger partial charge in [0, 0.05) is 23.8 Å². The molecule has 1 aliphatic heterocycles. The standard InChI is InChI=1S/C16H23NO/c1-12-6-7-16(14(10-12)11-18)17-9-8-13-4-2-3-5-15(13)17/h6-7,10,13,15,18H,2-5,8-9,11H2,1H3. The molecule has 98 valence electrons. The van der Waals surface area contributed by atoms with Gasteiger partial charge in [0.05, 0.1) is 6.61 Å². The SMILES string of the molecule is Cc1ccc(N2CCC3CCCCC32)c(CO)c1. The number of aryl methyl sites for hydroxylation is 1. The van der Waals surface area contributed by atoms with Crippen LogP contribution in [0.3, 0.4) is 0 Å². The topological polar surface area (TPSA) is 23.5 Å². The van der Waals surface area contributed by atoms with Gasteiger partial charge in [-0.2, -0.15) is 0 Å². The summed E-state index contributed by atoms with van der Waals surface area (Å²) >= 11 is 0. The lowest BCUT2D eigenvalue weighted by atomic mass is 9.85. The van der Waals surface area contributed by atoms with Crippen LogP contribution in [0.25, 0.3) is 0 Å². The van der Waals surface area contributed by atoms with Crippen LogP contribution in [0.5, 0.6) is 0 Å². The highest BCUT2D eigenvalue weighted by Gasteiger charge is 2.36. The fraction of sp³-hybridized carbons (Fsp3) is 0.625. The van der Waals surface area contributed by atoms with E-state index in [1.807, 2.05) is 0 Å². The summed E-state index contributed by atoms with van der Waals surface area (Å²) in [4.78, 5) is 2.56. The molecule has 0 aromatic heterocycles. The monoisotopic (exact) mass is 245 g/mol. The van der Waals surface area contributed by atoms with Crippen molar-refractivity contribution < 1.29 is 5.11 Å². The number of aliphatic hydroxyl groups is 1. The minimum Gasteiger partial charge on any atom is -0.392 e. The van der Waals surface area contributed by atoms with Gasteiger partial charge in [0.15, 0.2) is 0 Å². The van der Waals surface area contributed by atoms with Crippen LogP contribution in [-0.2, 0) is 6.61 Å². The number of nitrogens with zero attached hydrogens (tertiary/aromatic N) is 1. The van der Waals surface area contributed by atoms with E-state index in [1.54, 1.807) is 0 Å². The van der Waals surface area contributed by atoms with E-state index in [0.29, 0.717) is 0 Å². The third-order valence-corrected chi connectivity index (χ3v) is 4.72. The number of anilines is 1. The first-order valence-corrected chi connectivity index (χ1v) is 7.26. The molecule has 2 heteroatoms. The highest BCUT2D eigenvalue weighted by Crippen LogP contribution is 2.40. The predicted octanol–water partition coefficient (Wildman–Crippen LogP) is 3.26. The van der Waals surface area contributed by atoms with Crippen LogP contribution in [0.2, 0.25) is 0 Å². The van der Waals surface area contributed by atoms with Crippen molar-refractivity contribution in [2.75, 3.05) is 11.4 Å². The molecule has 2 nitrogen and oxygen atoms in total. The molecule has 0 bridgehead atoms. The molecule has 0 amide bonds. The Morgan fingerprint density at radius 3 is 2.89 bits per heavy atom. The molecule has 2 unspecified atom stereocenters. The molecule has 2 aliphatic rings. The van der Waals surface area contributed by atoms with Crippen molar-refractivity contribution in [2.45, 2.75) is 51.7 Å². The highest BCUT2D eigenvalue weighted by atomic mass is 16.3. The van der Waals surface area contributed by atoms with Gasteiger partial charge >= 0.3 is 0 Å². The number of aliphatic hydroxyl groups excluding tert-OH is 1. The molecule has 2 atom stereocenters. The second-order valence-electron chi connectivity index (χ2n) is 5.88. The zero-order chi connectivity index (χ0) is 12.5. The summed E-state index contributed by atoms with van der Waals surface area (Å²) in [5, 5.41) is 9.57. The first-order valence-electron chi connectivity index (χ1n) is 7.26. The number of hydrogen-bond donors (Lipinski definition) is 1. The Morgan fingerprint density at radius 1 is 1.22 bits per heavy atom. The first kappa shape index (κ1) is 12.0. The van der Waals surface area contributed by atoms with Crippen molar-refractivity contribution in [1.29, 1.82) is 0 Å². The molecule has 0 radical (unpaired) electrons. The van der Waals surface area contributed by atoms with Gasteiger partial charge in [-0.25, -0.2) is 0 Å². The van der Waals surface area contributed by atoms with Gasteiger partial charge in [-0.15, -0.1) is 0 Å². The van der Waals surface area contributed by atoms with E-state index in [9.17, 15) is 5.11 Å². The van der Waals surface area contributed by atoms with Crippen LogP contribution in [0, 0.1) is 12.8 Å². The summed E-state index contributed by atoms with van der Waals surface area (Å²) in [6.45, 7) is 3.42. The smallest absolute Gasteiger partial charge is 0.0702 e. The average Bonchev–Trinajstić information content (AvgIpc) is 2.82. The lowest BCUT2D eigenvalue weighted by Gasteiger charge is -2.34. The highest BCUT2D eigenvalue weighted by molar-refractivity contribution is 5.56. The molecule has 1 saturated carbocycles. The van der Waals surface area contributed by atoms with Crippen molar-refractivity contribution in [3.8, 4) is 0 Å². The molecule has 1 aromatic carbocycles. The number of rotatable bonds is 2. The van der Waals surface area contributed by atoms with Gasteiger partial charge in [0.2, 0.25) is 0 Å². The zero-order valence-corrected chi connectivity index (χ0v) is 11.2. The second kappa shape index (κ2) is 4.93. The number of benzene rings is 1. The average molecular weight is 245 g/mol. The Labute approximate surface area is 110 Å². The van der Waals surface area contributed by atoms with E-state index in [4.69, 9.17) is 0 Å². The molecular formula is C16H23NO. The molecule has 1 N–H and O–H groups in total. The van der Waals surface area contributed by atoms with E-state index >= 15 is 0 Å². The van der Waals surface area contributed by atoms with Crippen LogP contribution < -0.4 is 4.90 Å². The Kier molecular flexibility index (Phi) is 3.29. The van der Waals surface area contributed by atoms with Crippen molar-refractivity contribution in [3.05, 3.63) is 29.3 Å². The van der Waals surface area contributed by atoms with Gasteiger partial charge in [-0.3, -0.25) is 0 Å². The number of hydrogen-bond acceptors (Lipinski definition) is 2. The van der Waals surface area contributed by atoms with E-state index < -0.39 is 0 Å². The van der Waals surface area contributed by atoms with Gasteiger partial charge in [-0.1, -0.05) is 30.5 Å². The minimum atomic E-state index is 0.158. The maximum atomic E-state index is 9.57. The quantitative estimate of drug-likeness (QED) is 0.864. The molecular weight excluding hydrogens is 222 g/mol.